The van der Waals surface area contributed by atoms with Gasteiger partial charge in [-0.15, -0.1) is 0 Å². The maximum absolute atomic E-state index is 12.8. The molecule has 82 valence electrons. The van der Waals surface area contributed by atoms with E-state index in [-0.39, 0.29) is 5.82 Å². The van der Waals surface area contributed by atoms with Gasteiger partial charge in [-0.25, -0.2) is 9.37 Å². The van der Waals surface area contributed by atoms with Crippen LogP contribution < -0.4 is 10.5 Å². The Hall–Kier alpha value is -1.62. The molecule has 0 aliphatic heterocycles. The number of halogens is 2. The summed E-state index contributed by atoms with van der Waals surface area (Å²) < 4.78 is 18.9. The molecule has 2 aromatic rings. The standard InChI is InChI=1S/C11H8BrFN2O/c12-9-5-7(13)1-3-10(9)16-8-2-4-11(14)15-6-8/h1-6H,(H2,14,15). The molecule has 0 fully saturated rings. The van der Waals surface area contributed by atoms with Gasteiger partial charge in [0.25, 0.3) is 0 Å². The zero-order valence-corrected chi connectivity index (χ0v) is 9.74. The zero-order valence-electron chi connectivity index (χ0n) is 8.15. The largest absolute Gasteiger partial charge is 0.455 e. The zero-order chi connectivity index (χ0) is 11.5. The molecule has 0 amide bonds. The molecule has 0 saturated carbocycles. The summed E-state index contributed by atoms with van der Waals surface area (Å²) >= 11 is 3.21. The van der Waals surface area contributed by atoms with Crippen molar-refractivity contribution in [2.75, 3.05) is 5.73 Å². The number of benzene rings is 1. The molecule has 1 aromatic heterocycles. The number of pyridine rings is 1. The molecule has 0 unspecified atom stereocenters. The Morgan fingerprint density at radius 1 is 1.25 bits per heavy atom. The molecular formula is C11H8BrFN2O. The van der Waals surface area contributed by atoms with Gasteiger partial charge in [-0.2, -0.15) is 0 Å². The van der Waals surface area contributed by atoms with E-state index < -0.39 is 0 Å². The maximum atomic E-state index is 12.8. The molecule has 3 nitrogen and oxygen atoms in total. The molecule has 2 N–H and O–H groups in total. The van der Waals surface area contributed by atoms with Crippen molar-refractivity contribution in [1.29, 1.82) is 0 Å². The van der Waals surface area contributed by atoms with Crippen LogP contribution in [0.4, 0.5) is 10.2 Å². The third-order valence-corrected chi connectivity index (χ3v) is 2.50. The minimum atomic E-state index is -0.324. The number of nitrogens with zero attached hydrogens (tertiary/aromatic N) is 1. The van der Waals surface area contributed by atoms with Gasteiger partial charge in [0, 0.05) is 0 Å². The van der Waals surface area contributed by atoms with Gasteiger partial charge in [-0.1, -0.05) is 0 Å². The van der Waals surface area contributed by atoms with Gasteiger partial charge in [0.15, 0.2) is 0 Å². The average molecular weight is 283 g/mol. The lowest BCUT2D eigenvalue weighted by atomic mass is 10.3. The second-order valence-corrected chi connectivity index (χ2v) is 3.95. The Labute approximate surface area is 100 Å². The van der Waals surface area contributed by atoms with Crippen LogP contribution in [-0.4, -0.2) is 4.98 Å². The smallest absolute Gasteiger partial charge is 0.145 e. The molecule has 0 aliphatic rings. The molecule has 0 bridgehead atoms. The lowest BCUT2D eigenvalue weighted by molar-refractivity contribution is 0.475. The van der Waals surface area contributed by atoms with Crippen molar-refractivity contribution in [2.45, 2.75) is 0 Å². The van der Waals surface area contributed by atoms with Crippen molar-refractivity contribution in [3.05, 3.63) is 46.8 Å². The Bertz CT molecular complexity index is 502. The lowest BCUT2D eigenvalue weighted by Gasteiger charge is -2.07. The number of aromatic nitrogens is 1. The third-order valence-electron chi connectivity index (χ3n) is 1.88. The van der Waals surface area contributed by atoms with Crippen molar-refractivity contribution in [3.8, 4) is 11.5 Å². The van der Waals surface area contributed by atoms with E-state index in [1.165, 1.54) is 24.4 Å². The van der Waals surface area contributed by atoms with Crippen LogP contribution >= 0.6 is 15.9 Å². The minimum absolute atomic E-state index is 0.324. The molecule has 0 spiro atoms. The topological polar surface area (TPSA) is 48.1 Å². The summed E-state index contributed by atoms with van der Waals surface area (Å²) in [4.78, 5) is 3.89. The highest BCUT2D eigenvalue weighted by Crippen LogP contribution is 2.29. The van der Waals surface area contributed by atoms with Crippen molar-refractivity contribution in [2.24, 2.45) is 0 Å². The quantitative estimate of drug-likeness (QED) is 0.919. The summed E-state index contributed by atoms with van der Waals surface area (Å²) in [6.07, 6.45) is 1.51. The molecule has 0 aliphatic carbocycles. The van der Waals surface area contributed by atoms with Crippen LogP contribution in [0.3, 0.4) is 0 Å². The van der Waals surface area contributed by atoms with Gasteiger partial charge in [-0.3, -0.25) is 0 Å². The SMILES string of the molecule is Nc1ccc(Oc2ccc(F)cc2Br)cn1. The minimum Gasteiger partial charge on any atom is -0.455 e. The summed E-state index contributed by atoms with van der Waals surface area (Å²) in [5, 5.41) is 0. The first-order chi connectivity index (χ1) is 7.65. The highest BCUT2D eigenvalue weighted by Gasteiger charge is 2.04. The Kier molecular flexibility index (Phi) is 3.05. The summed E-state index contributed by atoms with van der Waals surface area (Å²) in [6, 6.07) is 7.52. The van der Waals surface area contributed by atoms with Gasteiger partial charge < -0.3 is 10.5 Å². The molecular weight excluding hydrogens is 275 g/mol. The molecule has 0 saturated heterocycles. The number of anilines is 1. The third kappa shape index (κ3) is 2.49. The van der Waals surface area contributed by atoms with Crippen molar-refractivity contribution < 1.29 is 9.13 Å². The number of hydrogen-bond acceptors (Lipinski definition) is 3. The molecule has 2 rings (SSSR count). The van der Waals surface area contributed by atoms with E-state index in [9.17, 15) is 4.39 Å². The molecule has 5 heteroatoms. The molecule has 0 atom stereocenters. The summed E-state index contributed by atoms with van der Waals surface area (Å²) in [6.45, 7) is 0. The highest BCUT2D eigenvalue weighted by molar-refractivity contribution is 9.10. The van der Waals surface area contributed by atoms with Gasteiger partial charge in [-0.05, 0) is 46.3 Å². The van der Waals surface area contributed by atoms with Crippen LogP contribution in [0.1, 0.15) is 0 Å². The first-order valence-electron chi connectivity index (χ1n) is 4.49. The van der Waals surface area contributed by atoms with Crippen molar-refractivity contribution in [3.63, 3.8) is 0 Å². The van der Waals surface area contributed by atoms with Gasteiger partial charge in [0.1, 0.15) is 23.1 Å². The average Bonchev–Trinajstić information content (AvgIpc) is 2.25. The monoisotopic (exact) mass is 282 g/mol. The maximum Gasteiger partial charge on any atom is 0.145 e. The fraction of sp³-hybridized carbons (Fsp3) is 0. The van der Waals surface area contributed by atoms with Crippen molar-refractivity contribution >= 4 is 21.7 Å². The number of nitrogens with two attached hydrogens (primary N) is 1. The predicted octanol–water partition coefficient (Wildman–Crippen LogP) is 3.36. The summed E-state index contributed by atoms with van der Waals surface area (Å²) in [5.74, 6) is 1.16. The van der Waals surface area contributed by atoms with Crippen LogP contribution in [0, 0.1) is 5.82 Å². The van der Waals surface area contributed by atoms with Crippen LogP contribution in [0.15, 0.2) is 41.0 Å². The fourth-order valence-corrected chi connectivity index (χ4v) is 1.57. The van der Waals surface area contributed by atoms with E-state index in [4.69, 9.17) is 10.5 Å². The Morgan fingerprint density at radius 3 is 2.69 bits per heavy atom. The molecule has 1 aromatic carbocycles. The Morgan fingerprint density at radius 2 is 2.06 bits per heavy atom. The number of rotatable bonds is 2. The Balaban J connectivity index is 2.23. The molecule has 0 radical (unpaired) electrons. The highest BCUT2D eigenvalue weighted by atomic mass is 79.9. The van der Waals surface area contributed by atoms with E-state index in [0.717, 1.165) is 0 Å². The van der Waals surface area contributed by atoms with E-state index >= 15 is 0 Å². The van der Waals surface area contributed by atoms with Gasteiger partial charge >= 0.3 is 0 Å². The molecule has 1 heterocycles. The van der Waals surface area contributed by atoms with E-state index in [1.807, 2.05) is 0 Å². The normalized spacial score (nSPS) is 10.1. The van der Waals surface area contributed by atoms with Crippen LogP contribution in [-0.2, 0) is 0 Å². The van der Waals surface area contributed by atoms with E-state index in [0.29, 0.717) is 21.8 Å². The van der Waals surface area contributed by atoms with Crippen LogP contribution in [0.25, 0.3) is 0 Å². The van der Waals surface area contributed by atoms with E-state index in [1.54, 1.807) is 12.1 Å². The summed E-state index contributed by atoms with van der Waals surface area (Å²) in [5.41, 5.74) is 5.44. The number of ether oxygens (including phenoxy) is 1. The van der Waals surface area contributed by atoms with E-state index in [2.05, 4.69) is 20.9 Å². The lowest BCUT2D eigenvalue weighted by Crippen LogP contribution is -1.91. The van der Waals surface area contributed by atoms with Crippen molar-refractivity contribution in [1.82, 2.24) is 4.98 Å². The first kappa shape index (κ1) is 10.9. The number of hydrogen-bond donors (Lipinski definition) is 1. The second kappa shape index (κ2) is 4.49. The van der Waals surface area contributed by atoms with Crippen LogP contribution in [0.2, 0.25) is 0 Å². The fourth-order valence-electron chi connectivity index (χ4n) is 1.14. The predicted molar refractivity (Wildman–Crippen MR) is 62.8 cm³/mol. The van der Waals surface area contributed by atoms with Gasteiger partial charge in [0.05, 0.1) is 10.7 Å². The number of nitrogen functional groups attached to an aromatic ring is 1. The second-order valence-electron chi connectivity index (χ2n) is 3.10. The van der Waals surface area contributed by atoms with Crippen LogP contribution in [0.5, 0.6) is 11.5 Å². The molecule has 16 heavy (non-hydrogen) atoms. The summed E-state index contributed by atoms with van der Waals surface area (Å²) in [7, 11) is 0. The first-order valence-corrected chi connectivity index (χ1v) is 5.29. The van der Waals surface area contributed by atoms with Gasteiger partial charge in [0.2, 0.25) is 0 Å².